The van der Waals surface area contributed by atoms with Crippen molar-refractivity contribution in [2.75, 3.05) is 24.2 Å². The molecule has 2 nitrogen and oxygen atoms in total. The number of halogens is 2. The highest BCUT2D eigenvalue weighted by molar-refractivity contribution is 14.1. The Morgan fingerprint density at radius 3 is 2.67 bits per heavy atom. The molecule has 0 fully saturated rings. The standard InChI is InChI=1S/C14H20BrIO2/c1-2-3-8-17-9-10-18-14(11-16)12-6-4-5-7-13(12)15/h4-7,14H,2-3,8-11H2,1H3. The zero-order valence-corrected chi connectivity index (χ0v) is 14.4. The van der Waals surface area contributed by atoms with Crippen molar-refractivity contribution in [3.8, 4) is 0 Å². The van der Waals surface area contributed by atoms with Gasteiger partial charge in [-0.2, -0.15) is 0 Å². The lowest BCUT2D eigenvalue weighted by Gasteiger charge is -2.17. The maximum atomic E-state index is 5.88. The SMILES string of the molecule is CCCCOCCOC(CI)c1ccccc1Br. The lowest BCUT2D eigenvalue weighted by atomic mass is 10.1. The monoisotopic (exact) mass is 426 g/mol. The first-order chi connectivity index (χ1) is 8.79. The summed E-state index contributed by atoms with van der Waals surface area (Å²) in [5.74, 6) is 0. The Labute approximate surface area is 132 Å². The minimum atomic E-state index is 0.135. The predicted molar refractivity (Wildman–Crippen MR) is 87.4 cm³/mol. The van der Waals surface area contributed by atoms with E-state index in [1.165, 1.54) is 12.0 Å². The van der Waals surface area contributed by atoms with Gasteiger partial charge in [-0.15, -0.1) is 0 Å². The molecule has 102 valence electrons. The van der Waals surface area contributed by atoms with Crippen LogP contribution in [-0.4, -0.2) is 24.2 Å². The predicted octanol–water partition coefficient (Wildman–Crippen LogP) is 4.76. The Kier molecular flexibility index (Phi) is 9.27. The molecule has 1 aromatic carbocycles. The second kappa shape index (κ2) is 10.2. The third-order valence-electron chi connectivity index (χ3n) is 2.58. The molecule has 0 aliphatic carbocycles. The zero-order valence-electron chi connectivity index (χ0n) is 10.7. The average Bonchev–Trinajstić information content (AvgIpc) is 2.39. The van der Waals surface area contributed by atoms with E-state index in [4.69, 9.17) is 9.47 Å². The van der Waals surface area contributed by atoms with Gasteiger partial charge in [-0.05, 0) is 18.1 Å². The number of rotatable bonds is 9. The summed E-state index contributed by atoms with van der Waals surface area (Å²) in [5.41, 5.74) is 1.21. The first-order valence-electron chi connectivity index (χ1n) is 6.29. The van der Waals surface area contributed by atoms with E-state index in [1.54, 1.807) is 0 Å². The number of hydrogen-bond donors (Lipinski definition) is 0. The second-order valence-corrected chi connectivity index (χ2v) is 5.74. The molecule has 0 bridgehead atoms. The molecule has 1 aromatic rings. The van der Waals surface area contributed by atoms with Crippen LogP contribution in [0.2, 0.25) is 0 Å². The fraction of sp³-hybridized carbons (Fsp3) is 0.571. The molecule has 1 atom stereocenters. The largest absolute Gasteiger partial charge is 0.379 e. The van der Waals surface area contributed by atoms with Gasteiger partial charge in [0.25, 0.3) is 0 Å². The minimum absolute atomic E-state index is 0.135. The van der Waals surface area contributed by atoms with Crippen molar-refractivity contribution in [1.29, 1.82) is 0 Å². The van der Waals surface area contributed by atoms with Crippen molar-refractivity contribution >= 4 is 38.5 Å². The van der Waals surface area contributed by atoms with E-state index in [-0.39, 0.29) is 6.10 Å². The molecule has 18 heavy (non-hydrogen) atoms. The topological polar surface area (TPSA) is 18.5 Å². The van der Waals surface area contributed by atoms with Crippen LogP contribution in [0.15, 0.2) is 28.7 Å². The number of benzene rings is 1. The van der Waals surface area contributed by atoms with E-state index in [2.05, 4.69) is 57.6 Å². The highest BCUT2D eigenvalue weighted by atomic mass is 127. The molecule has 0 saturated carbocycles. The molecule has 0 aliphatic heterocycles. The van der Waals surface area contributed by atoms with Gasteiger partial charge in [0.05, 0.1) is 19.3 Å². The molecule has 4 heteroatoms. The molecule has 0 spiro atoms. The maximum Gasteiger partial charge on any atom is 0.0926 e. The third-order valence-corrected chi connectivity index (χ3v) is 4.10. The Balaban J connectivity index is 2.32. The Morgan fingerprint density at radius 1 is 1.22 bits per heavy atom. The molecule has 1 unspecified atom stereocenters. The van der Waals surface area contributed by atoms with E-state index in [9.17, 15) is 0 Å². The highest BCUT2D eigenvalue weighted by Crippen LogP contribution is 2.27. The quantitative estimate of drug-likeness (QED) is 0.322. The lowest BCUT2D eigenvalue weighted by molar-refractivity contribution is 0.0137. The minimum Gasteiger partial charge on any atom is -0.379 e. The molecular formula is C14H20BrIO2. The summed E-state index contributed by atoms with van der Waals surface area (Å²) in [6.07, 6.45) is 2.43. The van der Waals surface area contributed by atoms with Gasteiger partial charge in [0, 0.05) is 15.5 Å². The van der Waals surface area contributed by atoms with Gasteiger partial charge < -0.3 is 9.47 Å². The van der Waals surface area contributed by atoms with Gasteiger partial charge in [0.15, 0.2) is 0 Å². The summed E-state index contributed by atoms with van der Waals surface area (Å²) in [7, 11) is 0. The van der Waals surface area contributed by atoms with Crippen molar-refractivity contribution in [3.05, 3.63) is 34.3 Å². The number of ether oxygens (including phenoxy) is 2. The van der Waals surface area contributed by atoms with Crippen LogP contribution in [0, 0.1) is 0 Å². The van der Waals surface area contributed by atoms with E-state index in [0.717, 1.165) is 21.9 Å². The van der Waals surface area contributed by atoms with Crippen LogP contribution in [0.1, 0.15) is 31.4 Å². The molecule has 0 heterocycles. The first-order valence-corrected chi connectivity index (χ1v) is 8.61. The van der Waals surface area contributed by atoms with Crippen LogP contribution in [-0.2, 0) is 9.47 Å². The molecular weight excluding hydrogens is 407 g/mol. The molecule has 0 saturated heterocycles. The molecule has 0 amide bonds. The smallest absolute Gasteiger partial charge is 0.0926 e. The van der Waals surface area contributed by atoms with Crippen molar-refractivity contribution in [3.63, 3.8) is 0 Å². The van der Waals surface area contributed by atoms with Gasteiger partial charge in [-0.3, -0.25) is 0 Å². The second-order valence-electron chi connectivity index (χ2n) is 4.00. The molecule has 0 N–H and O–H groups in total. The number of hydrogen-bond acceptors (Lipinski definition) is 2. The van der Waals surface area contributed by atoms with E-state index in [0.29, 0.717) is 13.2 Å². The van der Waals surface area contributed by atoms with Crippen LogP contribution >= 0.6 is 38.5 Å². The fourth-order valence-corrected chi connectivity index (χ4v) is 2.82. The maximum absolute atomic E-state index is 5.88. The van der Waals surface area contributed by atoms with Gasteiger partial charge in [0.1, 0.15) is 0 Å². The van der Waals surface area contributed by atoms with Crippen molar-refractivity contribution < 1.29 is 9.47 Å². The molecule has 0 radical (unpaired) electrons. The fourth-order valence-electron chi connectivity index (χ4n) is 1.55. The van der Waals surface area contributed by atoms with Crippen molar-refractivity contribution in [2.45, 2.75) is 25.9 Å². The van der Waals surface area contributed by atoms with Gasteiger partial charge in [-0.25, -0.2) is 0 Å². The average molecular weight is 427 g/mol. The normalized spacial score (nSPS) is 12.6. The summed E-state index contributed by atoms with van der Waals surface area (Å²) >= 11 is 5.92. The van der Waals surface area contributed by atoms with Crippen LogP contribution in [0.3, 0.4) is 0 Å². The van der Waals surface area contributed by atoms with E-state index in [1.807, 2.05) is 12.1 Å². The summed E-state index contributed by atoms with van der Waals surface area (Å²) in [5, 5.41) is 0. The van der Waals surface area contributed by atoms with Crippen molar-refractivity contribution in [2.24, 2.45) is 0 Å². The highest BCUT2D eigenvalue weighted by Gasteiger charge is 2.12. The Morgan fingerprint density at radius 2 is 2.00 bits per heavy atom. The Bertz CT molecular complexity index is 333. The van der Waals surface area contributed by atoms with Crippen LogP contribution in [0.5, 0.6) is 0 Å². The summed E-state index contributed by atoms with van der Waals surface area (Å²) in [6.45, 7) is 4.33. The van der Waals surface area contributed by atoms with E-state index < -0.39 is 0 Å². The summed E-state index contributed by atoms with van der Waals surface area (Å²) in [6, 6.07) is 8.22. The number of alkyl halides is 1. The van der Waals surface area contributed by atoms with Gasteiger partial charge in [0.2, 0.25) is 0 Å². The van der Waals surface area contributed by atoms with Gasteiger partial charge in [-0.1, -0.05) is 70.1 Å². The van der Waals surface area contributed by atoms with Gasteiger partial charge >= 0.3 is 0 Å². The Hall–Kier alpha value is 0.350. The third kappa shape index (κ3) is 5.99. The molecule has 0 aliphatic rings. The summed E-state index contributed by atoms with van der Waals surface area (Å²) in [4.78, 5) is 0. The summed E-state index contributed by atoms with van der Waals surface area (Å²) < 4.78 is 13.4. The first kappa shape index (κ1) is 16.4. The van der Waals surface area contributed by atoms with Crippen LogP contribution in [0.4, 0.5) is 0 Å². The van der Waals surface area contributed by atoms with Crippen LogP contribution < -0.4 is 0 Å². The van der Waals surface area contributed by atoms with E-state index >= 15 is 0 Å². The van der Waals surface area contributed by atoms with Crippen LogP contribution in [0.25, 0.3) is 0 Å². The number of unbranched alkanes of at least 4 members (excludes halogenated alkanes) is 1. The lowest BCUT2D eigenvalue weighted by Crippen LogP contribution is -2.11. The molecule has 1 rings (SSSR count). The zero-order chi connectivity index (χ0) is 13.2. The van der Waals surface area contributed by atoms with Crippen molar-refractivity contribution in [1.82, 2.24) is 0 Å². The molecule has 0 aromatic heterocycles.